The molecular weight excluding hydrogens is 244 g/mol. The molecule has 0 bridgehead atoms. The Labute approximate surface area is 113 Å². The van der Waals surface area contributed by atoms with Crippen molar-refractivity contribution in [3.8, 4) is 0 Å². The molecule has 2 rings (SSSR count). The predicted octanol–water partition coefficient (Wildman–Crippen LogP) is 2.26. The number of amides is 1. The number of hydrogen-bond acceptors (Lipinski definition) is 3. The minimum absolute atomic E-state index is 0.0698. The number of hydrogen-bond donors (Lipinski definition) is 1. The lowest BCUT2D eigenvalue weighted by Crippen LogP contribution is -2.50. The molecule has 0 unspecified atom stereocenters. The van der Waals surface area contributed by atoms with Gasteiger partial charge in [0.1, 0.15) is 0 Å². The number of carbonyl (C=O) groups is 1. The summed E-state index contributed by atoms with van der Waals surface area (Å²) in [6, 6.07) is 4.69. The molecule has 1 fully saturated rings. The zero-order chi connectivity index (χ0) is 13.1. The first-order chi connectivity index (χ1) is 8.58. The van der Waals surface area contributed by atoms with Gasteiger partial charge >= 0.3 is 0 Å². The van der Waals surface area contributed by atoms with Crippen molar-refractivity contribution in [2.45, 2.75) is 45.2 Å². The van der Waals surface area contributed by atoms with Crippen molar-refractivity contribution in [3.63, 3.8) is 0 Å². The molecule has 1 amide bonds. The van der Waals surface area contributed by atoms with Crippen LogP contribution in [0.3, 0.4) is 0 Å². The lowest BCUT2D eigenvalue weighted by molar-refractivity contribution is -0.138. The summed E-state index contributed by atoms with van der Waals surface area (Å²) in [5.74, 6) is 0.350. The van der Waals surface area contributed by atoms with Crippen LogP contribution in [0.1, 0.15) is 31.6 Å². The standard InChI is InChI=1S/C14H22N2OS/c1-10(8-13-4-3-7-18-13)14(17)16-6-5-12(15)9-11(16)2/h3-4,7,10-12H,5-6,8-9,15H2,1-2H3/t10-,11+,12-/m1/s1. The van der Waals surface area contributed by atoms with Crippen LogP contribution < -0.4 is 5.73 Å². The molecule has 0 spiro atoms. The summed E-state index contributed by atoms with van der Waals surface area (Å²) in [6.45, 7) is 4.95. The van der Waals surface area contributed by atoms with E-state index < -0.39 is 0 Å². The molecule has 0 radical (unpaired) electrons. The Hall–Kier alpha value is -0.870. The quantitative estimate of drug-likeness (QED) is 0.912. The summed E-state index contributed by atoms with van der Waals surface area (Å²) >= 11 is 1.73. The van der Waals surface area contributed by atoms with Gasteiger partial charge in [-0.05, 0) is 37.6 Å². The number of likely N-dealkylation sites (tertiary alicyclic amines) is 1. The van der Waals surface area contributed by atoms with Gasteiger partial charge in [-0.25, -0.2) is 0 Å². The third-order valence-electron chi connectivity index (χ3n) is 3.71. The Morgan fingerprint density at radius 3 is 3.06 bits per heavy atom. The third-order valence-corrected chi connectivity index (χ3v) is 4.61. The number of rotatable bonds is 3. The van der Waals surface area contributed by atoms with Crippen molar-refractivity contribution in [2.24, 2.45) is 11.7 Å². The smallest absolute Gasteiger partial charge is 0.226 e. The first-order valence-corrected chi connectivity index (χ1v) is 7.54. The van der Waals surface area contributed by atoms with Crippen LogP contribution in [-0.2, 0) is 11.2 Å². The fraction of sp³-hybridized carbons (Fsp3) is 0.643. The Balaban J connectivity index is 1.94. The summed E-state index contributed by atoms with van der Waals surface area (Å²) < 4.78 is 0. The molecule has 1 aliphatic rings. The van der Waals surface area contributed by atoms with Gasteiger partial charge in [0.15, 0.2) is 0 Å². The van der Waals surface area contributed by atoms with Gasteiger partial charge < -0.3 is 10.6 Å². The maximum absolute atomic E-state index is 12.4. The molecule has 3 atom stereocenters. The van der Waals surface area contributed by atoms with E-state index in [1.807, 2.05) is 17.9 Å². The Morgan fingerprint density at radius 2 is 2.44 bits per heavy atom. The van der Waals surface area contributed by atoms with Gasteiger partial charge in [0.05, 0.1) is 0 Å². The number of carbonyl (C=O) groups excluding carboxylic acids is 1. The minimum atomic E-state index is 0.0698. The van der Waals surface area contributed by atoms with Gasteiger partial charge in [-0.1, -0.05) is 13.0 Å². The molecule has 2 N–H and O–H groups in total. The fourth-order valence-corrected chi connectivity index (χ4v) is 3.47. The van der Waals surface area contributed by atoms with Crippen molar-refractivity contribution in [3.05, 3.63) is 22.4 Å². The first kappa shape index (κ1) is 13.6. The number of nitrogens with zero attached hydrogens (tertiary/aromatic N) is 1. The number of thiophene rings is 1. The van der Waals surface area contributed by atoms with E-state index in [2.05, 4.69) is 18.4 Å². The second-order valence-electron chi connectivity index (χ2n) is 5.35. The van der Waals surface area contributed by atoms with E-state index in [4.69, 9.17) is 5.73 Å². The molecule has 0 saturated carbocycles. The van der Waals surface area contributed by atoms with Crippen LogP contribution in [0.2, 0.25) is 0 Å². The summed E-state index contributed by atoms with van der Waals surface area (Å²) in [5, 5.41) is 2.06. The minimum Gasteiger partial charge on any atom is -0.340 e. The monoisotopic (exact) mass is 266 g/mol. The summed E-state index contributed by atoms with van der Waals surface area (Å²) in [5.41, 5.74) is 5.94. The van der Waals surface area contributed by atoms with Crippen molar-refractivity contribution in [1.82, 2.24) is 4.90 Å². The highest BCUT2D eigenvalue weighted by Gasteiger charge is 2.29. The van der Waals surface area contributed by atoms with Gasteiger partial charge in [0.2, 0.25) is 5.91 Å². The molecule has 1 saturated heterocycles. The van der Waals surface area contributed by atoms with Crippen molar-refractivity contribution >= 4 is 17.2 Å². The molecule has 1 aromatic heterocycles. The molecule has 1 aliphatic heterocycles. The van der Waals surface area contributed by atoms with Gasteiger partial charge in [-0.15, -0.1) is 11.3 Å². The molecule has 3 nitrogen and oxygen atoms in total. The SMILES string of the molecule is C[C@H](Cc1cccs1)C(=O)N1CC[C@@H](N)C[C@@H]1C. The second kappa shape index (κ2) is 5.85. The zero-order valence-electron chi connectivity index (χ0n) is 11.1. The summed E-state index contributed by atoms with van der Waals surface area (Å²) in [6.07, 6.45) is 2.71. The van der Waals surface area contributed by atoms with Crippen molar-refractivity contribution in [2.75, 3.05) is 6.54 Å². The van der Waals surface area contributed by atoms with Crippen LogP contribution in [0.4, 0.5) is 0 Å². The van der Waals surface area contributed by atoms with E-state index in [9.17, 15) is 4.79 Å². The lowest BCUT2D eigenvalue weighted by atomic mass is 9.96. The summed E-state index contributed by atoms with van der Waals surface area (Å²) in [7, 11) is 0. The van der Waals surface area contributed by atoms with E-state index in [1.165, 1.54) is 4.88 Å². The van der Waals surface area contributed by atoms with Gasteiger partial charge in [0.25, 0.3) is 0 Å². The second-order valence-corrected chi connectivity index (χ2v) is 6.38. The predicted molar refractivity (Wildman–Crippen MR) is 75.6 cm³/mol. The van der Waals surface area contributed by atoms with Crippen molar-refractivity contribution < 1.29 is 4.79 Å². The van der Waals surface area contributed by atoms with E-state index in [1.54, 1.807) is 11.3 Å². The molecule has 1 aromatic rings. The van der Waals surface area contributed by atoms with Crippen LogP contribution in [0.15, 0.2) is 17.5 Å². The molecule has 18 heavy (non-hydrogen) atoms. The van der Waals surface area contributed by atoms with E-state index >= 15 is 0 Å². The van der Waals surface area contributed by atoms with E-state index in [-0.39, 0.29) is 23.9 Å². The molecule has 4 heteroatoms. The third kappa shape index (κ3) is 3.12. The zero-order valence-corrected chi connectivity index (χ0v) is 12.0. The number of piperidine rings is 1. The highest BCUT2D eigenvalue weighted by atomic mass is 32.1. The van der Waals surface area contributed by atoms with Crippen LogP contribution in [0.5, 0.6) is 0 Å². The lowest BCUT2D eigenvalue weighted by Gasteiger charge is -2.37. The first-order valence-electron chi connectivity index (χ1n) is 6.66. The topological polar surface area (TPSA) is 46.3 Å². The molecule has 100 valence electrons. The number of nitrogens with two attached hydrogens (primary N) is 1. The van der Waals surface area contributed by atoms with E-state index in [0.29, 0.717) is 0 Å². The Morgan fingerprint density at radius 1 is 1.67 bits per heavy atom. The molecular formula is C14H22N2OS. The normalized spacial score (nSPS) is 26.1. The summed E-state index contributed by atoms with van der Waals surface area (Å²) in [4.78, 5) is 15.7. The van der Waals surface area contributed by atoms with Crippen LogP contribution in [0.25, 0.3) is 0 Å². The van der Waals surface area contributed by atoms with Gasteiger partial charge in [-0.2, -0.15) is 0 Å². The maximum atomic E-state index is 12.4. The van der Waals surface area contributed by atoms with Crippen LogP contribution >= 0.6 is 11.3 Å². The van der Waals surface area contributed by atoms with Gasteiger partial charge in [-0.3, -0.25) is 4.79 Å². The highest BCUT2D eigenvalue weighted by molar-refractivity contribution is 7.09. The van der Waals surface area contributed by atoms with Crippen LogP contribution in [0, 0.1) is 5.92 Å². The Kier molecular flexibility index (Phi) is 4.40. The highest BCUT2D eigenvalue weighted by Crippen LogP contribution is 2.21. The van der Waals surface area contributed by atoms with E-state index in [0.717, 1.165) is 25.8 Å². The average Bonchev–Trinajstić information content (AvgIpc) is 2.81. The largest absolute Gasteiger partial charge is 0.340 e. The molecule has 0 aliphatic carbocycles. The van der Waals surface area contributed by atoms with Crippen LogP contribution in [-0.4, -0.2) is 29.4 Å². The molecule has 2 heterocycles. The maximum Gasteiger partial charge on any atom is 0.226 e. The van der Waals surface area contributed by atoms with Gasteiger partial charge in [0, 0.05) is 29.4 Å². The average molecular weight is 266 g/mol. The Bertz CT molecular complexity index is 391. The van der Waals surface area contributed by atoms with Crippen molar-refractivity contribution in [1.29, 1.82) is 0 Å². The molecule has 0 aromatic carbocycles. The fourth-order valence-electron chi connectivity index (χ4n) is 2.64.